The summed E-state index contributed by atoms with van der Waals surface area (Å²) in [7, 11) is 2.25. The molecule has 0 radical (unpaired) electrons. The lowest BCUT2D eigenvalue weighted by atomic mass is 9.81. The molecule has 0 unspecified atom stereocenters. The lowest BCUT2D eigenvalue weighted by Crippen LogP contribution is -2.17. The van der Waals surface area contributed by atoms with Crippen molar-refractivity contribution in [2.24, 2.45) is 0 Å². The van der Waals surface area contributed by atoms with E-state index in [-0.39, 0.29) is 10.8 Å². The van der Waals surface area contributed by atoms with Gasteiger partial charge < -0.3 is 9.47 Å². The van der Waals surface area contributed by atoms with Crippen molar-refractivity contribution in [1.82, 2.24) is 4.57 Å². The van der Waals surface area contributed by atoms with Crippen molar-refractivity contribution in [3.63, 3.8) is 0 Å². The molecule has 0 bridgehead atoms. The Labute approximate surface area is 368 Å². The van der Waals surface area contributed by atoms with Gasteiger partial charge in [-0.3, -0.25) is 0 Å². The van der Waals surface area contributed by atoms with Gasteiger partial charge in [-0.15, -0.1) is 0 Å². The molecule has 2 nitrogen and oxygen atoms in total. The van der Waals surface area contributed by atoms with Gasteiger partial charge in [0, 0.05) is 51.3 Å². The second-order valence-electron chi connectivity index (χ2n) is 19.0. The van der Waals surface area contributed by atoms with Gasteiger partial charge in [0.15, 0.2) is 0 Å². The van der Waals surface area contributed by atoms with E-state index in [2.05, 4.69) is 232 Å². The summed E-state index contributed by atoms with van der Waals surface area (Å²) in [4.78, 5) is 2.42. The third kappa shape index (κ3) is 4.95. The molecule has 63 heavy (non-hydrogen) atoms. The quantitative estimate of drug-likeness (QED) is 0.161. The fourth-order valence-electron chi connectivity index (χ4n) is 11.7. The van der Waals surface area contributed by atoms with E-state index in [4.69, 9.17) is 0 Å². The van der Waals surface area contributed by atoms with E-state index in [9.17, 15) is 0 Å². The molecule has 13 rings (SSSR count). The van der Waals surface area contributed by atoms with Crippen molar-refractivity contribution < 1.29 is 0 Å². The lowest BCUT2D eigenvalue weighted by molar-refractivity contribution is 0.660. The molecule has 1 aromatic heterocycles. The second-order valence-corrected chi connectivity index (χ2v) is 19.0. The van der Waals surface area contributed by atoms with Gasteiger partial charge in [0.2, 0.25) is 0 Å². The highest BCUT2D eigenvalue weighted by Crippen LogP contribution is 2.54. The Hall–Kier alpha value is -7.42. The van der Waals surface area contributed by atoms with Gasteiger partial charge in [-0.2, -0.15) is 0 Å². The van der Waals surface area contributed by atoms with Crippen LogP contribution in [0.4, 0.5) is 11.4 Å². The van der Waals surface area contributed by atoms with Crippen LogP contribution in [0.1, 0.15) is 49.9 Å². The molecule has 0 N–H and O–H groups in total. The highest BCUT2D eigenvalue weighted by Gasteiger charge is 2.38. The predicted molar refractivity (Wildman–Crippen MR) is 268 cm³/mol. The third-order valence-electron chi connectivity index (χ3n) is 15.0. The molecule has 0 atom stereocenters. The first-order valence-corrected chi connectivity index (χ1v) is 22.3. The predicted octanol–water partition coefficient (Wildman–Crippen LogP) is 16.3. The minimum Gasteiger partial charge on any atom is -0.344 e. The maximum atomic E-state index is 2.51. The Bertz CT molecular complexity index is 3750. The molecule has 0 fully saturated rings. The van der Waals surface area contributed by atoms with Gasteiger partial charge in [0.25, 0.3) is 0 Å². The first-order chi connectivity index (χ1) is 30.7. The second kappa shape index (κ2) is 12.8. The molecule has 0 spiro atoms. The third-order valence-corrected chi connectivity index (χ3v) is 15.0. The van der Waals surface area contributed by atoms with E-state index in [0.29, 0.717) is 0 Å². The summed E-state index contributed by atoms with van der Waals surface area (Å²) in [5.74, 6) is 0. The number of hydrogen-bond donors (Lipinski definition) is 0. The van der Waals surface area contributed by atoms with Gasteiger partial charge in [-0.1, -0.05) is 161 Å². The van der Waals surface area contributed by atoms with Gasteiger partial charge in [0.05, 0.1) is 11.0 Å². The van der Waals surface area contributed by atoms with Crippen LogP contribution in [0, 0.1) is 0 Å². The van der Waals surface area contributed by atoms with E-state index < -0.39 is 0 Å². The van der Waals surface area contributed by atoms with Gasteiger partial charge in [-0.25, -0.2) is 0 Å². The molecule has 10 aromatic carbocycles. The Morgan fingerprint density at radius 1 is 0.349 bits per heavy atom. The molecular formula is C61H46N2. The highest BCUT2D eigenvalue weighted by molar-refractivity contribution is 6.26. The molecule has 2 heteroatoms. The molecule has 0 saturated heterocycles. The van der Waals surface area contributed by atoms with Crippen LogP contribution in [0.5, 0.6) is 0 Å². The number of fused-ring (bicyclic) bond motifs is 15. The highest BCUT2D eigenvalue weighted by atomic mass is 15.1. The molecule has 11 aromatic rings. The van der Waals surface area contributed by atoms with Crippen molar-refractivity contribution in [3.05, 3.63) is 210 Å². The SMILES string of the molecule is CN(c1ccc2c3ccccc3c3ccc(-n4c5ccccc5c5cc6c(cc54)C(C)(C)c4ccccc4-6)cc3c2c1)c1cc2c(cc1-c1ccccc1)-c1ccccc1C2(C)C. The van der Waals surface area contributed by atoms with Crippen LogP contribution < -0.4 is 4.90 Å². The molecule has 0 aliphatic heterocycles. The van der Waals surface area contributed by atoms with Crippen LogP contribution >= 0.6 is 0 Å². The van der Waals surface area contributed by atoms with Crippen LogP contribution in [0.25, 0.3) is 93.2 Å². The average molecular weight is 807 g/mol. The number of aromatic nitrogens is 1. The lowest BCUT2D eigenvalue weighted by Gasteiger charge is -2.28. The Morgan fingerprint density at radius 3 is 1.59 bits per heavy atom. The molecule has 300 valence electrons. The first-order valence-electron chi connectivity index (χ1n) is 22.3. The molecular weight excluding hydrogens is 761 g/mol. The summed E-state index contributed by atoms with van der Waals surface area (Å²) < 4.78 is 2.51. The van der Waals surface area contributed by atoms with Crippen LogP contribution in [0.15, 0.2) is 188 Å². The number of nitrogens with zero attached hydrogens (tertiary/aromatic N) is 2. The van der Waals surface area contributed by atoms with Crippen molar-refractivity contribution in [3.8, 4) is 39.1 Å². The molecule has 0 saturated carbocycles. The maximum absolute atomic E-state index is 2.51. The van der Waals surface area contributed by atoms with E-state index in [0.717, 1.165) is 5.69 Å². The van der Waals surface area contributed by atoms with Crippen molar-refractivity contribution >= 4 is 65.5 Å². The Kier molecular flexibility index (Phi) is 7.37. The summed E-state index contributed by atoms with van der Waals surface area (Å²) in [6.07, 6.45) is 0. The molecule has 2 aliphatic carbocycles. The standard InChI is InChI=1S/C61H46N2/c1-60(2)53-24-14-11-21-44(53)50-33-47(37-17-7-6-8-18-37)58(35-55(50)60)62(5)38-27-29-42-40-19-9-10-20-41(40)43-30-28-39(32-49(43)48(42)31-38)63-57-26-16-13-23-46(57)52-34-51-45-22-12-15-25-54(45)61(3,4)56(51)36-59(52)63/h6-36H,1-5H3. The number of rotatable bonds is 4. The first kappa shape index (κ1) is 36.3. The normalized spacial score (nSPS) is 14.4. The number of hydrogen-bond acceptors (Lipinski definition) is 1. The minimum atomic E-state index is -0.113. The molecule has 0 amide bonds. The van der Waals surface area contributed by atoms with E-state index in [1.54, 1.807) is 0 Å². The monoisotopic (exact) mass is 806 g/mol. The fourth-order valence-corrected chi connectivity index (χ4v) is 11.7. The van der Waals surface area contributed by atoms with Gasteiger partial charge >= 0.3 is 0 Å². The van der Waals surface area contributed by atoms with Crippen molar-refractivity contribution in [2.75, 3.05) is 11.9 Å². The molecule has 2 aliphatic rings. The Morgan fingerprint density at radius 2 is 0.889 bits per heavy atom. The van der Waals surface area contributed by atoms with Gasteiger partial charge in [0.1, 0.15) is 0 Å². The van der Waals surface area contributed by atoms with Gasteiger partial charge in [-0.05, 0) is 137 Å². The van der Waals surface area contributed by atoms with E-state index in [1.165, 1.54) is 121 Å². The zero-order valence-corrected chi connectivity index (χ0v) is 36.3. The smallest absolute Gasteiger partial charge is 0.0544 e. The summed E-state index contributed by atoms with van der Waals surface area (Å²) in [6, 6.07) is 70.8. The summed E-state index contributed by atoms with van der Waals surface area (Å²) in [5, 5.41) is 10.2. The maximum Gasteiger partial charge on any atom is 0.0544 e. The Balaban J connectivity index is 1.04. The number of benzene rings is 10. The fraction of sp³-hybridized carbons (Fsp3) is 0.115. The molecule has 1 heterocycles. The zero-order valence-electron chi connectivity index (χ0n) is 36.3. The van der Waals surface area contributed by atoms with E-state index >= 15 is 0 Å². The van der Waals surface area contributed by atoms with E-state index in [1.807, 2.05) is 0 Å². The van der Waals surface area contributed by atoms with Crippen LogP contribution in [-0.4, -0.2) is 11.6 Å². The average Bonchev–Trinajstić information content (AvgIpc) is 3.86. The summed E-state index contributed by atoms with van der Waals surface area (Å²) in [5.41, 5.74) is 19.2. The summed E-state index contributed by atoms with van der Waals surface area (Å²) >= 11 is 0. The summed E-state index contributed by atoms with van der Waals surface area (Å²) in [6.45, 7) is 9.51. The topological polar surface area (TPSA) is 8.17 Å². The van der Waals surface area contributed by atoms with Crippen LogP contribution in [0.2, 0.25) is 0 Å². The van der Waals surface area contributed by atoms with Crippen LogP contribution in [-0.2, 0) is 10.8 Å². The van der Waals surface area contributed by atoms with Crippen molar-refractivity contribution in [2.45, 2.75) is 38.5 Å². The number of anilines is 2. The zero-order chi connectivity index (χ0) is 42.4. The minimum absolute atomic E-state index is 0.0960. The van der Waals surface area contributed by atoms with Crippen LogP contribution in [0.3, 0.4) is 0 Å². The largest absolute Gasteiger partial charge is 0.344 e. The number of para-hydroxylation sites is 1. The van der Waals surface area contributed by atoms with Crippen molar-refractivity contribution in [1.29, 1.82) is 0 Å².